The Hall–Kier alpha value is -0.190. The molecule has 0 fully saturated rings. The highest BCUT2D eigenvalue weighted by molar-refractivity contribution is 7.99. The van der Waals surface area contributed by atoms with Crippen molar-refractivity contribution in [2.24, 2.45) is 0 Å². The minimum atomic E-state index is -4.04. The normalized spacial score (nSPS) is 11.6. The molecular formula is C7H11F3OS. The number of carbonyl (C=O) groups excluding carboxylic acids is 1. The van der Waals surface area contributed by atoms with Gasteiger partial charge in [-0.15, -0.1) is 0 Å². The van der Waals surface area contributed by atoms with E-state index in [-0.39, 0.29) is 6.42 Å². The number of halogens is 3. The first-order valence-corrected chi connectivity index (χ1v) is 4.80. The Morgan fingerprint density at radius 2 is 1.92 bits per heavy atom. The van der Waals surface area contributed by atoms with Crippen molar-refractivity contribution in [1.29, 1.82) is 0 Å². The van der Waals surface area contributed by atoms with Gasteiger partial charge < -0.3 is 4.79 Å². The molecule has 5 heteroatoms. The molecule has 0 aromatic rings. The number of hydrogen-bond acceptors (Lipinski definition) is 2. The van der Waals surface area contributed by atoms with Gasteiger partial charge in [0.05, 0.1) is 0 Å². The number of carbonyl (C=O) groups is 1. The van der Waals surface area contributed by atoms with Crippen LogP contribution in [0.1, 0.15) is 19.3 Å². The maximum Gasteiger partial charge on any atom is 0.389 e. The summed E-state index contributed by atoms with van der Waals surface area (Å²) in [4.78, 5) is 9.80. The molecule has 0 radical (unpaired) electrons. The fourth-order valence-corrected chi connectivity index (χ4v) is 1.42. The van der Waals surface area contributed by atoms with Crippen LogP contribution in [-0.2, 0) is 4.79 Å². The third-order valence-electron chi connectivity index (χ3n) is 1.13. The largest absolute Gasteiger partial charge is 0.389 e. The summed E-state index contributed by atoms with van der Waals surface area (Å²) >= 11 is 1.39. The first-order valence-electron chi connectivity index (χ1n) is 3.64. The second-order valence-electron chi connectivity index (χ2n) is 2.29. The van der Waals surface area contributed by atoms with Gasteiger partial charge >= 0.3 is 6.18 Å². The van der Waals surface area contributed by atoms with Gasteiger partial charge in [-0.25, -0.2) is 0 Å². The molecule has 0 unspecified atom stereocenters. The summed E-state index contributed by atoms with van der Waals surface area (Å²) in [6.07, 6.45) is -3.41. The molecule has 0 aliphatic rings. The van der Waals surface area contributed by atoms with Gasteiger partial charge in [0.2, 0.25) is 0 Å². The summed E-state index contributed by atoms with van der Waals surface area (Å²) in [7, 11) is 0. The average molecular weight is 200 g/mol. The highest BCUT2D eigenvalue weighted by Crippen LogP contribution is 2.22. The van der Waals surface area contributed by atoms with E-state index in [0.717, 1.165) is 6.29 Å². The van der Waals surface area contributed by atoms with Crippen LogP contribution in [0.2, 0.25) is 0 Å². The van der Waals surface area contributed by atoms with Crippen LogP contribution >= 0.6 is 11.8 Å². The lowest BCUT2D eigenvalue weighted by Gasteiger charge is -2.04. The Morgan fingerprint density at radius 3 is 2.42 bits per heavy atom. The van der Waals surface area contributed by atoms with E-state index in [9.17, 15) is 18.0 Å². The first kappa shape index (κ1) is 11.8. The Balaban J connectivity index is 3.06. The maximum atomic E-state index is 11.6. The van der Waals surface area contributed by atoms with E-state index in [0.29, 0.717) is 17.9 Å². The number of thioether (sulfide) groups is 1. The number of hydrogen-bond donors (Lipinski definition) is 0. The van der Waals surface area contributed by atoms with Gasteiger partial charge in [0.25, 0.3) is 0 Å². The fourth-order valence-electron chi connectivity index (χ4n) is 0.608. The summed E-state index contributed by atoms with van der Waals surface area (Å²) in [6, 6.07) is 0. The fraction of sp³-hybridized carbons (Fsp3) is 0.857. The summed E-state index contributed by atoms with van der Waals surface area (Å²) < 4.78 is 34.7. The second kappa shape index (κ2) is 6.34. The van der Waals surface area contributed by atoms with Gasteiger partial charge in [0, 0.05) is 12.8 Å². The summed E-state index contributed by atoms with van der Waals surface area (Å²) in [5, 5.41) is 0. The van der Waals surface area contributed by atoms with Crippen LogP contribution in [0.4, 0.5) is 13.2 Å². The van der Waals surface area contributed by atoms with Crippen molar-refractivity contribution in [2.75, 3.05) is 11.5 Å². The van der Waals surface area contributed by atoms with Gasteiger partial charge in [-0.2, -0.15) is 24.9 Å². The van der Waals surface area contributed by atoms with E-state index in [1.807, 2.05) is 0 Å². The van der Waals surface area contributed by atoms with Crippen molar-refractivity contribution in [3.05, 3.63) is 0 Å². The van der Waals surface area contributed by atoms with Crippen LogP contribution in [0.5, 0.6) is 0 Å². The molecule has 0 aliphatic carbocycles. The Morgan fingerprint density at radius 1 is 1.25 bits per heavy atom. The molecule has 0 aliphatic heterocycles. The maximum absolute atomic E-state index is 11.6. The molecule has 1 nitrogen and oxygen atoms in total. The van der Waals surface area contributed by atoms with Gasteiger partial charge in [0.15, 0.2) is 0 Å². The zero-order valence-electron chi connectivity index (χ0n) is 6.56. The van der Waals surface area contributed by atoms with Crippen LogP contribution < -0.4 is 0 Å². The molecule has 0 heterocycles. The van der Waals surface area contributed by atoms with Crippen molar-refractivity contribution in [2.45, 2.75) is 25.4 Å². The minimum Gasteiger partial charge on any atom is -0.303 e. The molecule has 0 atom stereocenters. The molecule has 0 aromatic carbocycles. The molecule has 0 saturated carbocycles. The van der Waals surface area contributed by atoms with Gasteiger partial charge in [0.1, 0.15) is 6.29 Å². The molecule has 0 saturated heterocycles. The quantitative estimate of drug-likeness (QED) is 0.484. The molecule has 0 spiro atoms. The number of rotatable bonds is 6. The molecule has 12 heavy (non-hydrogen) atoms. The molecule has 0 amide bonds. The van der Waals surface area contributed by atoms with Gasteiger partial charge in [-0.05, 0) is 17.9 Å². The van der Waals surface area contributed by atoms with Crippen molar-refractivity contribution in [1.82, 2.24) is 0 Å². The molecule has 0 N–H and O–H groups in total. The predicted molar refractivity (Wildman–Crippen MR) is 43.3 cm³/mol. The molecule has 0 rings (SSSR count). The Kier molecular flexibility index (Phi) is 6.24. The molecule has 72 valence electrons. The van der Waals surface area contributed by atoms with E-state index >= 15 is 0 Å². The zero-order chi connectivity index (χ0) is 9.45. The van der Waals surface area contributed by atoms with Crippen LogP contribution in [0.15, 0.2) is 0 Å². The van der Waals surface area contributed by atoms with E-state index in [1.54, 1.807) is 0 Å². The monoisotopic (exact) mass is 200 g/mol. The SMILES string of the molecule is O=CCCSCCCC(F)(F)F. The van der Waals surface area contributed by atoms with Crippen molar-refractivity contribution in [3.8, 4) is 0 Å². The standard InChI is InChI=1S/C7H11F3OS/c8-7(9,10)3-1-5-12-6-2-4-11/h4H,1-3,5-6H2. The lowest BCUT2D eigenvalue weighted by Crippen LogP contribution is -2.07. The van der Waals surface area contributed by atoms with Gasteiger partial charge in [-0.3, -0.25) is 0 Å². The van der Waals surface area contributed by atoms with Crippen LogP contribution in [0.3, 0.4) is 0 Å². The Labute approximate surface area is 73.7 Å². The predicted octanol–water partition coefficient (Wildman–Crippen LogP) is 2.65. The van der Waals surface area contributed by atoms with Crippen molar-refractivity contribution < 1.29 is 18.0 Å². The van der Waals surface area contributed by atoms with Crippen LogP contribution in [-0.4, -0.2) is 24.0 Å². The average Bonchev–Trinajstić information content (AvgIpc) is 1.94. The van der Waals surface area contributed by atoms with Crippen molar-refractivity contribution >= 4 is 18.0 Å². The number of alkyl halides is 3. The van der Waals surface area contributed by atoms with E-state index < -0.39 is 12.6 Å². The summed E-state index contributed by atoms with van der Waals surface area (Å²) in [5.74, 6) is 1.11. The topological polar surface area (TPSA) is 17.1 Å². The van der Waals surface area contributed by atoms with E-state index in [2.05, 4.69) is 0 Å². The number of aldehydes is 1. The second-order valence-corrected chi connectivity index (χ2v) is 3.51. The third kappa shape index (κ3) is 9.81. The lowest BCUT2D eigenvalue weighted by molar-refractivity contribution is -0.134. The van der Waals surface area contributed by atoms with E-state index in [4.69, 9.17) is 0 Å². The van der Waals surface area contributed by atoms with Crippen molar-refractivity contribution in [3.63, 3.8) is 0 Å². The van der Waals surface area contributed by atoms with Crippen LogP contribution in [0.25, 0.3) is 0 Å². The Bertz CT molecular complexity index is 124. The third-order valence-corrected chi connectivity index (χ3v) is 2.23. The summed E-state index contributed by atoms with van der Waals surface area (Å²) in [5.41, 5.74) is 0. The first-order chi connectivity index (χ1) is 5.56. The molecular weight excluding hydrogens is 189 g/mol. The molecule has 0 bridgehead atoms. The lowest BCUT2D eigenvalue weighted by atomic mass is 10.3. The minimum absolute atomic E-state index is 0.146. The zero-order valence-corrected chi connectivity index (χ0v) is 7.38. The highest BCUT2D eigenvalue weighted by Gasteiger charge is 2.25. The van der Waals surface area contributed by atoms with Crippen LogP contribution in [0, 0.1) is 0 Å². The highest BCUT2D eigenvalue weighted by atomic mass is 32.2. The smallest absolute Gasteiger partial charge is 0.303 e. The van der Waals surface area contributed by atoms with Gasteiger partial charge in [-0.1, -0.05) is 0 Å². The molecule has 0 aromatic heterocycles. The summed E-state index contributed by atoms with van der Waals surface area (Å²) in [6.45, 7) is 0. The van der Waals surface area contributed by atoms with E-state index in [1.165, 1.54) is 11.8 Å².